The molecule has 0 atom stereocenters. The van der Waals surface area contributed by atoms with Gasteiger partial charge in [0.15, 0.2) is 0 Å². The summed E-state index contributed by atoms with van der Waals surface area (Å²) in [6.07, 6.45) is 6.51. The minimum Gasteiger partial charge on any atom is -0.383 e. The molecule has 2 rings (SSSR count). The summed E-state index contributed by atoms with van der Waals surface area (Å²) in [5, 5.41) is 3.31. The zero-order valence-corrected chi connectivity index (χ0v) is 12.0. The van der Waals surface area contributed by atoms with Crippen LogP contribution in [-0.4, -0.2) is 36.8 Å². The molecule has 5 nitrogen and oxygen atoms in total. The van der Waals surface area contributed by atoms with Gasteiger partial charge in [0.25, 0.3) is 0 Å². The van der Waals surface area contributed by atoms with Gasteiger partial charge in [-0.2, -0.15) is 0 Å². The Labute approximate surface area is 115 Å². The lowest BCUT2D eigenvalue weighted by Gasteiger charge is -2.26. The maximum Gasteiger partial charge on any atom is 0.138 e. The van der Waals surface area contributed by atoms with Crippen molar-refractivity contribution in [3.05, 3.63) is 17.7 Å². The summed E-state index contributed by atoms with van der Waals surface area (Å²) in [7, 11) is 1.71. The summed E-state index contributed by atoms with van der Waals surface area (Å²) in [6.45, 7) is 5.16. The van der Waals surface area contributed by atoms with Crippen LogP contribution in [0.3, 0.4) is 0 Å². The van der Waals surface area contributed by atoms with Crippen LogP contribution in [0.5, 0.6) is 0 Å². The van der Waals surface area contributed by atoms with E-state index < -0.39 is 0 Å². The minimum absolute atomic E-state index is 0.167. The van der Waals surface area contributed by atoms with Gasteiger partial charge in [0.1, 0.15) is 11.4 Å². The van der Waals surface area contributed by atoms with Gasteiger partial charge in [-0.1, -0.05) is 0 Å². The smallest absolute Gasteiger partial charge is 0.138 e. The molecule has 108 valence electrons. The lowest BCUT2D eigenvalue weighted by molar-refractivity contribution is -0.0451. The third-order valence-corrected chi connectivity index (χ3v) is 3.69. The summed E-state index contributed by atoms with van der Waals surface area (Å²) < 4.78 is 11.0. The Morgan fingerprint density at radius 2 is 2.21 bits per heavy atom. The Hall–Kier alpha value is -0.910. The number of aromatic amines is 1. The molecule has 0 radical (unpaired) electrons. The molecule has 1 aromatic rings. The number of imidazole rings is 1. The summed E-state index contributed by atoms with van der Waals surface area (Å²) in [5.74, 6) is 0.996. The molecule has 1 aliphatic rings. The monoisotopic (exact) mass is 267 g/mol. The zero-order chi connectivity index (χ0) is 13.6. The molecule has 0 saturated heterocycles. The van der Waals surface area contributed by atoms with E-state index in [1.54, 1.807) is 7.11 Å². The highest BCUT2D eigenvalue weighted by molar-refractivity contribution is 5.11. The van der Waals surface area contributed by atoms with E-state index in [1.165, 1.54) is 12.8 Å². The van der Waals surface area contributed by atoms with Crippen LogP contribution >= 0.6 is 0 Å². The lowest BCUT2D eigenvalue weighted by Crippen LogP contribution is -2.28. The maximum atomic E-state index is 6.00. The number of nitrogens with zero attached hydrogens (tertiary/aromatic N) is 1. The Morgan fingerprint density at radius 3 is 2.89 bits per heavy atom. The second-order valence-corrected chi connectivity index (χ2v) is 5.06. The van der Waals surface area contributed by atoms with E-state index in [4.69, 9.17) is 9.47 Å². The van der Waals surface area contributed by atoms with Crippen molar-refractivity contribution in [1.82, 2.24) is 15.3 Å². The van der Waals surface area contributed by atoms with E-state index in [0.29, 0.717) is 0 Å². The number of hydrogen-bond donors (Lipinski definition) is 2. The van der Waals surface area contributed by atoms with E-state index in [9.17, 15) is 0 Å². The van der Waals surface area contributed by atoms with Crippen LogP contribution in [0.4, 0.5) is 0 Å². The Kier molecular flexibility index (Phi) is 5.36. The molecule has 0 aliphatic heterocycles. The molecule has 1 saturated carbocycles. The van der Waals surface area contributed by atoms with Gasteiger partial charge in [0.05, 0.1) is 6.61 Å². The molecule has 0 unspecified atom stereocenters. The molecule has 0 aromatic carbocycles. The van der Waals surface area contributed by atoms with Gasteiger partial charge < -0.3 is 19.8 Å². The first-order valence-corrected chi connectivity index (χ1v) is 7.19. The van der Waals surface area contributed by atoms with Crippen LogP contribution in [0.15, 0.2) is 6.20 Å². The van der Waals surface area contributed by atoms with E-state index in [2.05, 4.69) is 22.2 Å². The predicted molar refractivity (Wildman–Crippen MR) is 73.9 cm³/mol. The first kappa shape index (κ1) is 14.5. The molecule has 19 heavy (non-hydrogen) atoms. The fourth-order valence-corrected chi connectivity index (χ4v) is 2.75. The van der Waals surface area contributed by atoms with Crippen molar-refractivity contribution in [2.75, 3.05) is 26.9 Å². The number of H-pyrrole nitrogens is 1. The fraction of sp³-hybridized carbons (Fsp3) is 0.786. The minimum atomic E-state index is -0.167. The van der Waals surface area contributed by atoms with Crippen molar-refractivity contribution in [2.45, 2.75) is 44.8 Å². The summed E-state index contributed by atoms with van der Waals surface area (Å²) in [5.41, 5.74) is 0.941. The third-order valence-electron chi connectivity index (χ3n) is 3.69. The number of hydrogen-bond acceptors (Lipinski definition) is 4. The average Bonchev–Trinajstić information content (AvgIpc) is 3.05. The predicted octanol–water partition coefficient (Wildman–Crippen LogP) is 1.95. The van der Waals surface area contributed by atoms with Gasteiger partial charge in [-0.05, 0) is 32.6 Å². The van der Waals surface area contributed by atoms with Crippen LogP contribution in [-0.2, 0) is 21.6 Å². The van der Waals surface area contributed by atoms with Crippen molar-refractivity contribution < 1.29 is 9.47 Å². The van der Waals surface area contributed by atoms with Crippen molar-refractivity contribution in [1.29, 1.82) is 0 Å². The van der Waals surface area contributed by atoms with Crippen LogP contribution in [0.1, 0.15) is 44.1 Å². The maximum absolute atomic E-state index is 6.00. The van der Waals surface area contributed by atoms with Crippen molar-refractivity contribution in [2.24, 2.45) is 0 Å². The number of ether oxygens (including phenoxy) is 2. The standard InChI is InChI=1S/C14H25N3O2/c1-3-19-14(6-4-5-7-14)13-16-11-12(17-13)10-15-8-9-18-2/h11,15H,3-10H2,1-2H3,(H,16,17). The molecule has 1 heterocycles. The SMILES string of the molecule is CCOC1(c2ncc(CNCCOC)[nH]2)CCCC1. The van der Waals surface area contributed by atoms with Gasteiger partial charge >= 0.3 is 0 Å². The summed E-state index contributed by atoms with van der Waals surface area (Å²) in [6, 6.07) is 0. The lowest BCUT2D eigenvalue weighted by atomic mass is 10.0. The number of rotatable bonds is 8. The van der Waals surface area contributed by atoms with E-state index >= 15 is 0 Å². The highest BCUT2D eigenvalue weighted by Gasteiger charge is 2.38. The normalized spacial score (nSPS) is 18.0. The summed E-state index contributed by atoms with van der Waals surface area (Å²) >= 11 is 0. The van der Waals surface area contributed by atoms with Crippen LogP contribution in [0.2, 0.25) is 0 Å². The molecule has 0 bridgehead atoms. The topological polar surface area (TPSA) is 59.2 Å². The molecule has 0 spiro atoms. The third kappa shape index (κ3) is 3.55. The molecule has 5 heteroatoms. The molecular formula is C14H25N3O2. The Bertz CT molecular complexity index is 373. The largest absolute Gasteiger partial charge is 0.383 e. The van der Waals surface area contributed by atoms with Gasteiger partial charge in [-0.15, -0.1) is 0 Å². The quantitative estimate of drug-likeness (QED) is 0.707. The number of methoxy groups -OCH3 is 1. The van der Waals surface area contributed by atoms with Crippen LogP contribution in [0, 0.1) is 0 Å². The van der Waals surface area contributed by atoms with Gasteiger partial charge in [0.2, 0.25) is 0 Å². The molecular weight excluding hydrogens is 242 g/mol. The van der Waals surface area contributed by atoms with E-state index in [1.807, 2.05) is 6.20 Å². The molecule has 1 aromatic heterocycles. The zero-order valence-electron chi connectivity index (χ0n) is 12.0. The molecule has 1 aliphatic carbocycles. The fourth-order valence-electron chi connectivity index (χ4n) is 2.75. The van der Waals surface area contributed by atoms with Gasteiger partial charge in [-0.3, -0.25) is 0 Å². The Morgan fingerprint density at radius 1 is 1.42 bits per heavy atom. The highest BCUT2D eigenvalue weighted by Crippen LogP contribution is 2.40. The van der Waals surface area contributed by atoms with E-state index in [0.717, 1.165) is 50.7 Å². The second kappa shape index (κ2) is 7.03. The molecule has 2 N–H and O–H groups in total. The molecule has 1 fully saturated rings. The van der Waals surface area contributed by atoms with Crippen molar-refractivity contribution >= 4 is 0 Å². The van der Waals surface area contributed by atoms with Crippen LogP contribution in [0.25, 0.3) is 0 Å². The second-order valence-electron chi connectivity index (χ2n) is 5.06. The first-order valence-electron chi connectivity index (χ1n) is 7.19. The first-order chi connectivity index (χ1) is 9.30. The number of aromatic nitrogens is 2. The van der Waals surface area contributed by atoms with Crippen molar-refractivity contribution in [3.8, 4) is 0 Å². The van der Waals surface area contributed by atoms with Gasteiger partial charge in [0, 0.05) is 38.7 Å². The van der Waals surface area contributed by atoms with Crippen molar-refractivity contribution in [3.63, 3.8) is 0 Å². The van der Waals surface area contributed by atoms with Crippen LogP contribution < -0.4 is 5.32 Å². The molecule has 0 amide bonds. The summed E-state index contributed by atoms with van der Waals surface area (Å²) in [4.78, 5) is 7.95. The number of nitrogens with one attached hydrogen (secondary N) is 2. The average molecular weight is 267 g/mol. The van der Waals surface area contributed by atoms with Gasteiger partial charge in [-0.25, -0.2) is 4.98 Å². The van der Waals surface area contributed by atoms with E-state index in [-0.39, 0.29) is 5.60 Å². The Balaban J connectivity index is 1.94. The highest BCUT2D eigenvalue weighted by atomic mass is 16.5.